The molecule has 6 heterocycles. The van der Waals surface area contributed by atoms with Crippen LogP contribution in [0.25, 0.3) is 16.7 Å². The van der Waals surface area contributed by atoms with Gasteiger partial charge in [0.2, 0.25) is 0 Å². The van der Waals surface area contributed by atoms with Crippen molar-refractivity contribution in [2.45, 2.75) is 63.3 Å². The van der Waals surface area contributed by atoms with Gasteiger partial charge < -0.3 is 19.5 Å². The molecule has 9 heteroatoms. The summed E-state index contributed by atoms with van der Waals surface area (Å²) in [5.41, 5.74) is 3.43. The smallest absolute Gasteiger partial charge is 0.159 e. The molecule has 0 radical (unpaired) electrons. The van der Waals surface area contributed by atoms with Gasteiger partial charge in [0.25, 0.3) is 0 Å². The Hall–Kier alpha value is -2.59. The van der Waals surface area contributed by atoms with Crippen LogP contribution in [0.2, 0.25) is 0 Å². The summed E-state index contributed by atoms with van der Waals surface area (Å²) in [6.07, 6.45) is 4.90. The van der Waals surface area contributed by atoms with Gasteiger partial charge in [-0.3, -0.25) is 4.90 Å². The normalized spacial score (nSPS) is 30.6. The molecule has 4 fully saturated rings. The van der Waals surface area contributed by atoms with Crippen molar-refractivity contribution in [3.8, 4) is 5.82 Å². The van der Waals surface area contributed by atoms with Gasteiger partial charge in [-0.25, -0.2) is 14.6 Å². The van der Waals surface area contributed by atoms with Crippen LogP contribution >= 0.6 is 0 Å². The highest BCUT2D eigenvalue weighted by molar-refractivity contribution is 5.82. The van der Waals surface area contributed by atoms with Gasteiger partial charge in [-0.15, -0.1) is 0 Å². The molecule has 5 atom stereocenters. The van der Waals surface area contributed by atoms with E-state index in [1.807, 2.05) is 17.8 Å². The number of aromatic nitrogens is 4. The average molecular weight is 491 g/mol. The molecule has 2 bridgehead atoms. The summed E-state index contributed by atoms with van der Waals surface area (Å²) in [7, 11) is 0. The van der Waals surface area contributed by atoms with Crippen LogP contribution in [0.3, 0.4) is 0 Å². The number of morpholine rings is 1. The summed E-state index contributed by atoms with van der Waals surface area (Å²) in [6, 6.07) is 7.31. The Morgan fingerprint density at radius 1 is 1.00 bits per heavy atom. The summed E-state index contributed by atoms with van der Waals surface area (Å²) < 4.78 is 13.3. The number of benzene rings is 1. The number of hydrogen-bond donors (Lipinski definition) is 1. The van der Waals surface area contributed by atoms with Crippen LogP contribution < -0.4 is 4.90 Å². The quantitative estimate of drug-likeness (QED) is 0.596. The van der Waals surface area contributed by atoms with E-state index in [0.29, 0.717) is 24.7 Å². The Kier molecular flexibility index (Phi) is 5.50. The van der Waals surface area contributed by atoms with E-state index in [9.17, 15) is 5.11 Å². The second-order valence-corrected chi connectivity index (χ2v) is 10.9. The maximum absolute atomic E-state index is 11.2. The molecule has 0 spiro atoms. The molecule has 36 heavy (non-hydrogen) atoms. The third kappa shape index (κ3) is 3.80. The number of nitrogens with zero attached hydrogens (tertiary/aromatic N) is 6. The predicted molar refractivity (Wildman–Crippen MR) is 136 cm³/mol. The third-order valence-corrected chi connectivity index (χ3v) is 8.61. The molecule has 4 aliphatic rings. The maximum Gasteiger partial charge on any atom is 0.159 e. The minimum atomic E-state index is -0.396. The number of aliphatic hydroxyl groups is 1. The summed E-state index contributed by atoms with van der Waals surface area (Å²) in [5.74, 6) is 2.57. The summed E-state index contributed by atoms with van der Waals surface area (Å²) in [4.78, 5) is 14.3. The zero-order chi connectivity index (χ0) is 24.4. The van der Waals surface area contributed by atoms with E-state index >= 15 is 0 Å². The molecule has 7 rings (SSSR count). The van der Waals surface area contributed by atoms with Gasteiger partial charge in [0.1, 0.15) is 11.6 Å². The second-order valence-electron chi connectivity index (χ2n) is 10.9. The van der Waals surface area contributed by atoms with Crippen molar-refractivity contribution < 1.29 is 14.6 Å². The molecule has 1 aromatic carbocycles. The first kappa shape index (κ1) is 22.6. The number of piperidine rings is 1. The van der Waals surface area contributed by atoms with E-state index in [1.165, 1.54) is 11.1 Å². The SMILES string of the molecule is Cc1nc(N2C[C@H]3C[C@@H]2CO3)cc(-n2ncc3cc(C)c([C@H]4CCN([C@H]5CCOC5)C[C@H]4O)cc32)n1. The van der Waals surface area contributed by atoms with Crippen molar-refractivity contribution >= 4 is 16.7 Å². The van der Waals surface area contributed by atoms with Gasteiger partial charge in [-0.2, -0.15) is 5.10 Å². The van der Waals surface area contributed by atoms with Crippen LogP contribution in [0.15, 0.2) is 24.4 Å². The van der Waals surface area contributed by atoms with Gasteiger partial charge in [0.15, 0.2) is 5.82 Å². The van der Waals surface area contributed by atoms with Gasteiger partial charge in [0.05, 0.1) is 43.2 Å². The highest BCUT2D eigenvalue weighted by atomic mass is 16.5. The minimum Gasteiger partial charge on any atom is -0.391 e. The van der Waals surface area contributed by atoms with Gasteiger partial charge in [-0.05, 0) is 62.9 Å². The van der Waals surface area contributed by atoms with E-state index in [4.69, 9.17) is 24.5 Å². The number of rotatable bonds is 4. The molecule has 3 aromatic rings. The Bertz CT molecular complexity index is 1290. The molecule has 0 saturated carbocycles. The highest BCUT2D eigenvalue weighted by Crippen LogP contribution is 2.36. The van der Waals surface area contributed by atoms with Crippen molar-refractivity contribution in [2.75, 3.05) is 44.4 Å². The Morgan fingerprint density at radius 3 is 2.64 bits per heavy atom. The molecule has 2 aromatic heterocycles. The Labute approximate surface area is 211 Å². The topological polar surface area (TPSA) is 88.8 Å². The van der Waals surface area contributed by atoms with Gasteiger partial charge in [-0.1, -0.05) is 0 Å². The monoisotopic (exact) mass is 490 g/mol. The molecule has 4 aliphatic heterocycles. The van der Waals surface area contributed by atoms with E-state index in [0.717, 1.165) is 80.5 Å². The molecular weight excluding hydrogens is 456 g/mol. The number of anilines is 1. The van der Waals surface area contributed by atoms with Crippen LogP contribution in [-0.2, 0) is 9.47 Å². The molecule has 0 amide bonds. The van der Waals surface area contributed by atoms with Crippen LogP contribution in [0.4, 0.5) is 5.82 Å². The fraction of sp³-hybridized carbons (Fsp3) is 0.593. The Morgan fingerprint density at radius 2 is 1.89 bits per heavy atom. The molecule has 9 nitrogen and oxygen atoms in total. The van der Waals surface area contributed by atoms with E-state index in [2.05, 4.69) is 34.9 Å². The average Bonchev–Trinajstić information content (AvgIpc) is 3.68. The number of fused-ring (bicyclic) bond motifs is 3. The van der Waals surface area contributed by atoms with Crippen molar-refractivity contribution in [3.05, 3.63) is 41.3 Å². The Balaban J connectivity index is 1.21. The maximum atomic E-state index is 11.2. The first-order chi connectivity index (χ1) is 17.5. The predicted octanol–water partition coefficient (Wildman–Crippen LogP) is 2.35. The van der Waals surface area contributed by atoms with Crippen molar-refractivity contribution in [1.82, 2.24) is 24.6 Å². The lowest BCUT2D eigenvalue weighted by Gasteiger charge is -2.39. The molecule has 0 aliphatic carbocycles. The van der Waals surface area contributed by atoms with E-state index < -0.39 is 6.10 Å². The number of β-amino-alcohol motifs (C(OH)–C–C–N with tert-alkyl or cyclic N) is 1. The zero-order valence-corrected chi connectivity index (χ0v) is 21.0. The lowest BCUT2D eigenvalue weighted by atomic mass is 9.84. The number of likely N-dealkylation sites (tertiary alicyclic amines) is 1. The van der Waals surface area contributed by atoms with Crippen molar-refractivity contribution in [3.63, 3.8) is 0 Å². The zero-order valence-electron chi connectivity index (χ0n) is 21.0. The van der Waals surface area contributed by atoms with Gasteiger partial charge in [0, 0.05) is 43.1 Å². The van der Waals surface area contributed by atoms with Crippen LogP contribution in [-0.4, -0.2) is 93.5 Å². The standard InChI is InChI=1S/C27H34N6O3/c1-16-7-18-11-28-33(27-10-26(29-17(2)30-27)32-12-21-8-20(32)15-36-21)24(18)9-23(16)22-3-5-31(13-25(22)34)19-4-6-35-14-19/h7,9-11,19-22,25,34H,3-6,8,12-15H2,1-2H3/t19-,20+,21+,22+,25+/m0/s1. The summed E-state index contributed by atoms with van der Waals surface area (Å²) in [5, 5.41) is 17.0. The number of hydrogen-bond acceptors (Lipinski definition) is 8. The van der Waals surface area contributed by atoms with Crippen molar-refractivity contribution in [2.24, 2.45) is 0 Å². The molecular formula is C27H34N6O3. The number of aryl methyl sites for hydroxylation is 2. The summed E-state index contributed by atoms with van der Waals surface area (Å²) >= 11 is 0. The summed E-state index contributed by atoms with van der Waals surface area (Å²) in [6.45, 7) is 9.05. The fourth-order valence-corrected chi connectivity index (χ4v) is 6.72. The van der Waals surface area contributed by atoms with Crippen LogP contribution in [0.5, 0.6) is 0 Å². The van der Waals surface area contributed by atoms with E-state index in [-0.39, 0.29) is 5.92 Å². The molecule has 0 unspecified atom stereocenters. The van der Waals surface area contributed by atoms with Crippen molar-refractivity contribution in [1.29, 1.82) is 0 Å². The third-order valence-electron chi connectivity index (χ3n) is 8.61. The van der Waals surface area contributed by atoms with Gasteiger partial charge >= 0.3 is 0 Å². The number of aliphatic hydroxyl groups excluding tert-OH is 1. The lowest BCUT2D eigenvalue weighted by Crippen LogP contribution is -2.48. The second kappa shape index (κ2) is 8.76. The minimum absolute atomic E-state index is 0.110. The first-order valence-corrected chi connectivity index (χ1v) is 13.3. The fourth-order valence-electron chi connectivity index (χ4n) is 6.72. The number of ether oxygens (including phenoxy) is 2. The molecule has 1 N–H and O–H groups in total. The van der Waals surface area contributed by atoms with Crippen LogP contribution in [0.1, 0.15) is 42.1 Å². The first-order valence-electron chi connectivity index (χ1n) is 13.3. The van der Waals surface area contributed by atoms with Crippen LogP contribution in [0, 0.1) is 13.8 Å². The largest absolute Gasteiger partial charge is 0.391 e. The lowest BCUT2D eigenvalue weighted by molar-refractivity contribution is 0.0264. The molecule has 190 valence electrons. The molecule has 4 saturated heterocycles. The highest BCUT2D eigenvalue weighted by Gasteiger charge is 2.40. The van der Waals surface area contributed by atoms with E-state index in [1.54, 1.807) is 0 Å².